The van der Waals surface area contributed by atoms with Crippen molar-refractivity contribution in [2.45, 2.75) is 20.3 Å². The van der Waals surface area contributed by atoms with Gasteiger partial charge >= 0.3 is 0 Å². The number of hydrogen-bond donors (Lipinski definition) is 3. The minimum absolute atomic E-state index is 0.0808. The second-order valence-electron chi connectivity index (χ2n) is 5.00. The van der Waals surface area contributed by atoms with Crippen molar-refractivity contribution in [3.05, 3.63) is 35.9 Å². The lowest BCUT2D eigenvalue weighted by molar-refractivity contribution is 0.0954. The maximum absolute atomic E-state index is 11.7. The van der Waals surface area contributed by atoms with Crippen LogP contribution >= 0.6 is 0 Å². The summed E-state index contributed by atoms with van der Waals surface area (Å²) in [6, 6.07) is 9.13. The standard InChI is InChI=1S/C15H24N4O/c1-12(2)8-9-18-15(16)19-11-10-17-14(20)13-6-4-3-5-7-13/h3-7,12H,8-11H2,1-2H3,(H,17,20)(H3,16,18,19). The van der Waals surface area contributed by atoms with Crippen LogP contribution in [0.25, 0.3) is 0 Å². The Morgan fingerprint density at radius 1 is 1.20 bits per heavy atom. The van der Waals surface area contributed by atoms with E-state index >= 15 is 0 Å². The van der Waals surface area contributed by atoms with Gasteiger partial charge < -0.3 is 16.4 Å². The molecule has 0 unspecified atom stereocenters. The van der Waals surface area contributed by atoms with Crippen LogP contribution in [0.2, 0.25) is 0 Å². The summed E-state index contributed by atoms with van der Waals surface area (Å²) >= 11 is 0. The average Bonchev–Trinajstić information content (AvgIpc) is 2.44. The molecule has 0 heterocycles. The molecule has 0 aromatic heterocycles. The van der Waals surface area contributed by atoms with Gasteiger partial charge in [-0.2, -0.15) is 0 Å². The van der Waals surface area contributed by atoms with Gasteiger partial charge in [-0.25, -0.2) is 0 Å². The lowest BCUT2D eigenvalue weighted by atomic mass is 10.1. The van der Waals surface area contributed by atoms with Crippen LogP contribution in [-0.4, -0.2) is 31.5 Å². The molecule has 0 bridgehead atoms. The number of amides is 1. The molecule has 5 heteroatoms. The molecular weight excluding hydrogens is 252 g/mol. The van der Waals surface area contributed by atoms with Crippen molar-refractivity contribution in [3.8, 4) is 0 Å². The molecule has 1 aromatic rings. The Labute approximate surface area is 120 Å². The van der Waals surface area contributed by atoms with E-state index in [1.807, 2.05) is 18.2 Å². The van der Waals surface area contributed by atoms with E-state index in [2.05, 4.69) is 29.5 Å². The van der Waals surface area contributed by atoms with E-state index in [9.17, 15) is 4.79 Å². The Morgan fingerprint density at radius 2 is 1.85 bits per heavy atom. The maximum atomic E-state index is 11.7. The highest BCUT2D eigenvalue weighted by Gasteiger charge is 2.02. The van der Waals surface area contributed by atoms with Crippen molar-refractivity contribution in [1.82, 2.24) is 10.6 Å². The van der Waals surface area contributed by atoms with Gasteiger partial charge in [0.25, 0.3) is 5.91 Å². The molecule has 0 aliphatic heterocycles. The Balaban J connectivity index is 2.17. The van der Waals surface area contributed by atoms with E-state index < -0.39 is 0 Å². The molecule has 0 aliphatic carbocycles. The Bertz CT molecular complexity index is 429. The first-order valence-corrected chi connectivity index (χ1v) is 6.96. The van der Waals surface area contributed by atoms with E-state index in [0.29, 0.717) is 30.5 Å². The predicted molar refractivity (Wildman–Crippen MR) is 82.7 cm³/mol. The molecule has 0 saturated heterocycles. The molecule has 110 valence electrons. The zero-order chi connectivity index (χ0) is 14.8. The van der Waals surface area contributed by atoms with Crippen LogP contribution in [0, 0.1) is 5.92 Å². The van der Waals surface area contributed by atoms with Gasteiger partial charge in [0.15, 0.2) is 5.96 Å². The zero-order valence-corrected chi connectivity index (χ0v) is 12.2. The fraction of sp³-hybridized carbons (Fsp3) is 0.467. The number of carbonyl (C=O) groups excluding carboxylic acids is 1. The summed E-state index contributed by atoms with van der Waals surface area (Å²) < 4.78 is 0. The zero-order valence-electron chi connectivity index (χ0n) is 12.2. The van der Waals surface area contributed by atoms with Gasteiger partial charge in [0, 0.05) is 25.2 Å². The van der Waals surface area contributed by atoms with Crippen molar-refractivity contribution >= 4 is 11.9 Å². The quantitative estimate of drug-likeness (QED) is 0.400. The normalized spacial score (nSPS) is 11.4. The molecule has 0 aliphatic rings. The molecule has 0 atom stereocenters. The minimum atomic E-state index is -0.0808. The van der Waals surface area contributed by atoms with Gasteiger partial charge in [-0.3, -0.25) is 9.79 Å². The van der Waals surface area contributed by atoms with Crippen molar-refractivity contribution < 1.29 is 4.79 Å². The number of benzene rings is 1. The monoisotopic (exact) mass is 276 g/mol. The highest BCUT2D eigenvalue weighted by atomic mass is 16.1. The van der Waals surface area contributed by atoms with Gasteiger partial charge in [-0.05, 0) is 24.5 Å². The molecule has 1 aromatic carbocycles. The summed E-state index contributed by atoms with van der Waals surface area (Å²) in [7, 11) is 0. The largest absolute Gasteiger partial charge is 0.370 e. The first kappa shape index (κ1) is 16.0. The van der Waals surface area contributed by atoms with Crippen LogP contribution in [0.4, 0.5) is 0 Å². The average molecular weight is 276 g/mol. The number of carbonyl (C=O) groups is 1. The fourth-order valence-electron chi connectivity index (χ4n) is 1.56. The SMILES string of the molecule is CC(C)CCN=C(N)NCCNC(=O)c1ccccc1. The maximum Gasteiger partial charge on any atom is 0.251 e. The van der Waals surface area contributed by atoms with Crippen molar-refractivity contribution in [3.63, 3.8) is 0 Å². The van der Waals surface area contributed by atoms with Gasteiger partial charge in [-0.1, -0.05) is 32.0 Å². The Morgan fingerprint density at radius 3 is 2.50 bits per heavy atom. The fourth-order valence-corrected chi connectivity index (χ4v) is 1.56. The topological polar surface area (TPSA) is 79.5 Å². The number of nitrogens with one attached hydrogen (secondary N) is 2. The number of rotatable bonds is 7. The van der Waals surface area contributed by atoms with Gasteiger partial charge in [0.2, 0.25) is 0 Å². The molecule has 5 nitrogen and oxygen atoms in total. The predicted octanol–water partition coefficient (Wildman–Crippen LogP) is 1.37. The van der Waals surface area contributed by atoms with Gasteiger partial charge in [0.1, 0.15) is 0 Å². The highest BCUT2D eigenvalue weighted by Crippen LogP contribution is 1.98. The summed E-state index contributed by atoms with van der Waals surface area (Å²) in [5.74, 6) is 0.971. The summed E-state index contributed by atoms with van der Waals surface area (Å²) in [4.78, 5) is 15.9. The molecule has 1 amide bonds. The molecular formula is C15H24N4O. The van der Waals surface area contributed by atoms with Crippen molar-refractivity contribution in [1.29, 1.82) is 0 Å². The molecule has 0 saturated carbocycles. The third-order valence-electron chi connectivity index (χ3n) is 2.74. The lowest BCUT2D eigenvalue weighted by Crippen LogP contribution is -2.38. The number of aliphatic imine (C=N–C) groups is 1. The van der Waals surface area contributed by atoms with E-state index in [1.165, 1.54) is 0 Å². The van der Waals surface area contributed by atoms with E-state index in [0.717, 1.165) is 13.0 Å². The van der Waals surface area contributed by atoms with Crippen LogP contribution in [0.5, 0.6) is 0 Å². The first-order chi connectivity index (χ1) is 9.59. The minimum Gasteiger partial charge on any atom is -0.370 e. The van der Waals surface area contributed by atoms with Crippen LogP contribution in [0.1, 0.15) is 30.6 Å². The molecule has 20 heavy (non-hydrogen) atoms. The summed E-state index contributed by atoms with van der Waals surface area (Å²) in [6.45, 7) is 6.10. The van der Waals surface area contributed by atoms with Crippen LogP contribution in [0.3, 0.4) is 0 Å². The number of nitrogens with two attached hydrogens (primary N) is 1. The lowest BCUT2D eigenvalue weighted by Gasteiger charge is -2.08. The smallest absolute Gasteiger partial charge is 0.251 e. The number of guanidine groups is 1. The molecule has 0 spiro atoms. The second kappa shape index (κ2) is 8.96. The summed E-state index contributed by atoms with van der Waals surface area (Å²) in [5.41, 5.74) is 6.37. The summed E-state index contributed by atoms with van der Waals surface area (Å²) in [6.07, 6.45) is 1.02. The van der Waals surface area contributed by atoms with Crippen molar-refractivity contribution in [2.75, 3.05) is 19.6 Å². The highest BCUT2D eigenvalue weighted by molar-refractivity contribution is 5.94. The molecule has 0 radical (unpaired) electrons. The molecule has 1 rings (SSSR count). The van der Waals surface area contributed by atoms with Gasteiger partial charge in [0.05, 0.1) is 0 Å². The number of nitrogens with zero attached hydrogens (tertiary/aromatic N) is 1. The van der Waals surface area contributed by atoms with Crippen molar-refractivity contribution in [2.24, 2.45) is 16.6 Å². The summed E-state index contributed by atoms with van der Waals surface area (Å²) in [5, 5.41) is 5.79. The van der Waals surface area contributed by atoms with E-state index in [-0.39, 0.29) is 5.91 Å². The third kappa shape index (κ3) is 6.78. The molecule has 4 N–H and O–H groups in total. The van der Waals surface area contributed by atoms with E-state index in [1.54, 1.807) is 12.1 Å². The second-order valence-corrected chi connectivity index (χ2v) is 5.00. The van der Waals surface area contributed by atoms with Crippen LogP contribution < -0.4 is 16.4 Å². The third-order valence-corrected chi connectivity index (χ3v) is 2.74. The Hall–Kier alpha value is -2.04. The first-order valence-electron chi connectivity index (χ1n) is 6.96. The number of hydrogen-bond acceptors (Lipinski definition) is 2. The van der Waals surface area contributed by atoms with Gasteiger partial charge in [-0.15, -0.1) is 0 Å². The van der Waals surface area contributed by atoms with E-state index in [4.69, 9.17) is 5.73 Å². The Kier molecular flexibility index (Phi) is 7.17. The van der Waals surface area contributed by atoms with Crippen LogP contribution in [-0.2, 0) is 0 Å². The van der Waals surface area contributed by atoms with Crippen LogP contribution in [0.15, 0.2) is 35.3 Å². The molecule has 0 fully saturated rings.